The van der Waals surface area contributed by atoms with Gasteiger partial charge < -0.3 is 19.5 Å². The number of methoxy groups -OCH3 is 2. The molecule has 2 rings (SSSR count). The average Bonchev–Trinajstić information content (AvgIpc) is 2.63. The van der Waals surface area contributed by atoms with E-state index in [0.717, 1.165) is 5.56 Å². The largest absolute Gasteiger partial charge is 0.493 e. The van der Waals surface area contributed by atoms with Crippen molar-refractivity contribution in [1.29, 1.82) is 0 Å². The molecule has 9 heteroatoms. The van der Waals surface area contributed by atoms with Crippen molar-refractivity contribution in [3.05, 3.63) is 47.7 Å². The van der Waals surface area contributed by atoms with Gasteiger partial charge in [0.25, 0.3) is 5.91 Å². The molecule has 0 aliphatic heterocycles. The highest BCUT2D eigenvalue weighted by molar-refractivity contribution is 5.96. The third-order valence-electron chi connectivity index (χ3n) is 3.29. The third kappa shape index (κ3) is 5.27. The highest BCUT2D eigenvalue weighted by Crippen LogP contribution is 2.27. The highest BCUT2D eigenvalue weighted by Gasteiger charge is 2.29. The molecule has 2 aromatic rings. The van der Waals surface area contributed by atoms with Gasteiger partial charge in [-0.15, -0.1) is 0 Å². The summed E-state index contributed by atoms with van der Waals surface area (Å²) in [5.41, 5.74) is 0.634. The quantitative estimate of drug-likeness (QED) is 0.812. The Kier molecular flexibility index (Phi) is 6.26. The normalized spacial score (nSPS) is 11.0. The number of ether oxygens (including phenoxy) is 3. The third-order valence-corrected chi connectivity index (χ3v) is 3.29. The SMILES string of the molecule is COc1ccc(CNC(=O)c2cccnc2OCC(F)(F)F)cc1OC. The Morgan fingerprint density at radius 1 is 1.15 bits per heavy atom. The fourth-order valence-electron chi connectivity index (χ4n) is 2.10. The molecule has 1 amide bonds. The van der Waals surface area contributed by atoms with Gasteiger partial charge in [0.05, 0.1) is 14.2 Å². The van der Waals surface area contributed by atoms with Crippen molar-refractivity contribution in [3.8, 4) is 17.4 Å². The van der Waals surface area contributed by atoms with E-state index in [9.17, 15) is 18.0 Å². The van der Waals surface area contributed by atoms with Crippen molar-refractivity contribution in [3.63, 3.8) is 0 Å². The van der Waals surface area contributed by atoms with Crippen molar-refractivity contribution >= 4 is 5.91 Å². The maximum atomic E-state index is 12.3. The maximum absolute atomic E-state index is 12.3. The van der Waals surface area contributed by atoms with Gasteiger partial charge in [-0.25, -0.2) is 4.98 Å². The molecule has 140 valence electrons. The number of nitrogens with one attached hydrogen (secondary N) is 1. The molecule has 1 N–H and O–H groups in total. The zero-order valence-corrected chi connectivity index (χ0v) is 14.1. The van der Waals surface area contributed by atoms with Crippen molar-refractivity contribution < 1.29 is 32.2 Å². The second-order valence-electron chi connectivity index (χ2n) is 5.13. The van der Waals surface area contributed by atoms with E-state index in [4.69, 9.17) is 9.47 Å². The molecular formula is C17H17F3N2O4. The molecule has 0 atom stereocenters. The minimum atomic E-state index is -4.52. The molecule has 0 spiro atoms. The highest BCUT2D eigenvalue weighted by atomic mass is 19.4. The van der Waals surface area contributed by atoms with Crippen LogP contribution in [0, 0.1) is 0 Å². The molecule has 1 heterocycles. The van der Waals surface area contributed by atoms with E-state index in [1.807, 2.05) is 0 Å². The number of rotatable bonds is 7. The zero-order valence-electron chi connectivity index (χ0n) is 14.1. The fourth-order valence-corrected chi connectivity index (χ4v) is 2.10. The standard InChI is InChI=1S/C17H17F3N2O4/c1-24-13-6-5-11(8-14(13)25-2)9-22-15(23)12-4-3-7-21-16(12)26-10-17(18,19)20/h3-8H,9-10H2,1-2H3,(H,22,23). The molecule has 0 unspecified atom stereocenters. The lowest BCUT2D eigenvalue weighted by atomic mass is 10.2. The summed E-state index contributed by atoms with van der Waals surface area (Å²) in [5, 5.41) is 2.61. The van der Waals surface area contributed by atoms with E-state index in [0.29, 0.717) is 11.5 Å². The smallest absolute Gasteiger partial charge is 0.422 e. The van der Waals surface area contributed by atoms with Crippen LogP contribution in [0.2, 0.25) is 0 Å². The summed E-state index contributed by atoms with van der Waals surface area (Å²) in [7, 11) is 2.99. The first-order valence-corrected chi connectivity index (χ1v) is 7.47. The van der Waals surface area contributed by atoms with Crippen molar-refractivity contribution in [2.45, 2.75) is 12.7 Å². The van der Waals surface area contributed by atoms with Crippen LogP contribution in [0.15, 0.2) is 36.5 Å². The Morgan fingerprint density at radius 3 is 2.54 bits per heavy atom. The van der Waals surface area contributed by atoms with Crippen LogP contribution in [-0.2, 0) is 6.54 Å². The summed E-state index contributed by atoms with van der Waals surface area (Å²) in [6.07, 6.45) is -3.28. The molecule has 1 aromatic carbocycles. The van der Waals surface area contributed by atoms with Gasteiger partial charge in [-0.1, -0.05) is 6.07 Å². The molecule has 0 aliphatic rings. The minimum absolute atomic E-state index is 0.0859. The molecule has 26 heavy (non-hydrogen) atoms. The summed E-state index contributed by atoms with van der Waals surface area (Å²) < 4.78 is 51.8. The van der Waals surface area contributed by atoms with Gasteiger partial charge in [-0.3, -0.25) is 4.79 Å². The lowest BCUT2D eigenvalue weighted by Gasteiger charge is -2.13. The van der Waals surface area contributed by atoms with Crippen LogP contribution in [0.25, 0.3) is 0 Å². The van der Waals surface area contributed by atoms with Crippen LogP contribution in [0.3, 0.4) is 0 Å². The number of halogens is 3. The van der Waals surface area contributed by atoms with E-state index in [2.05, 4.69) is 15.0 Å². The molecule has 0 saturated heterocycles. The molecule has 6 nitrogen and oxygen atoms in total. The van der Waals surface area contributed by atoms with Crippen LogP contribution in [0.1, 0.15) is 15.9 Å². The van der Waals surface area contributed by atoms with Crippen molar-refractivity contribution in [1.82, 2.24) is 10.3 Å². The van der Waals surface area contributed by atoms with Crippen molar-refractivity contribution in [2.75, 3.05) is 20.8 Å². The molecule has 0 fully saturated rings. The number of aromatic nitrogens is 1. The Morgan fingerprint density at radius 2 is 1.88 bits per heavy atom. The molecule has 0 saturated carbocycles. The number of amides is 1. The zero-order chi connectivity index (χ0) is 19.2. The van der Waals surface area contributed by atoms with Crippen LogP contribution in [0.4, 0.5) is 13.2 Å². The fraction of sp³-hybridized carbons (Fsp3) is 0.294. The molecule has 0 bridgehead atoms. The number of hydrogen-bond acceptors (Lipinski definition) is 5. The van der Waals surface area contributed by atoms with E-state index in [1.165, 1.54) is 32.5 Å². The predicted octanol–water partition coefficient (Wildman–Crippen LogP) is 2.97. The number of pyridine rings is 1. The summed E-state index contributed by atoms with van der Waals surface area (Å²) in [4.78, 5) is 16.0. The molecule has 0 radical (unpaired) electrons. The first-order valence-electron chi connectivity index (χ1n) is 7.47. The van der Waals surface area contributed by atoms with Gasteiger partial charge in [0.1, 0.15) is 5.56 Å². The Labute approximate surface area is 147 Å². The van der Waals surface area contributed by atoms with Gasteiger partial charge in [0, 0.05) is 12.7 Å². The second kappa shape index (κ2) is 8.41. The van der Waals surface area contributed by atoms with Crippen LogP contribution in [0.5, 0.6) is 17.4 Å². The number of hydrogen-bond donors (Lipinski definition) is 1. The predicted molar refractivity (Wildman–Crippen MR) is 86.5 cm³/mol. The Hall–Kier alpha value is -2.97. The Balaban J connectivity index is 2.06. The van der Waals surface area contributed by atoms with Gasteiger partial charge in [0.15, 0.2) is 18.1 Å². The summed E-state index contributed by atoms with van der Waals surface area (Å²) >= 11 is 0. The number of benzene rings is 1. The number of nitrogens with zero attached hydrogens (tertiary/aromatic N) is 1. The summed E-state index contributed by atoms with van der Waals surface area (Å²) in [5.74, 6) is 0.0483. The summed E-state index contributed by atoms with van der Waals surface area (Å²) in [6.45, 7) is -1.40. The van der Waals surface area contributed by atoms with Crippen LogP contribution in [-0.4, -0.2) is 37.9 Å². The molecular weight excluding hydrogens is 353 g/mol. The Bertz CT molecular complexity index is 766. The van der Waals surface area contributed by atoms with Gasteiger partial charge in [0.2, 0.25) is 5.88 Å². The van der Waals surface area contributed by atoms with Crippen LogP contribution < -0.4 is 19.5 Å². The topological polar surface area (TPSA) is 69.7 Å². The maximum Gasteiger partial charge on any atom is 0.422 e. The number of alkyl halides is 3. The first kappa shape index (κ1) is 19.4. The van der Waals surface area contributed by atoms with Crippen molar-refractivity contribution in [2.24, 2.45) is 0 Å². The van der Waals surface area contributed by atoms with E-state index in [-0.39, 0.29) is 18.0 Å². The van der Waals surface area contributed by atoms with E-state index >= 15 is 0 Å². The van der Waals surface area contributed by atoms with Gasteiger partial charge >= 0.3 is 6.18 Å². The average molecular weight is 370 g/mol. The van der Waals surface area contributed by atoms with E-state index in [1.54, 1.807) is 18.2 Å². The molecule has 0 aliphatic carbocycles. The van der Waals surface area contributed by atoms with E-state index < -0.39 is 18.7 Å². The first-order chi connectivity index (χ1) is 12.3. The monoisotopic (exact) mass is 370 g/mol. The molecule has 1 aromatic heterocycles. The van der Waals surface area contributed by atoms with Gasteiger partial charge in [-0.05, 0) is 29.8 Å². The number of carbonyl (C=O) groups excluding carboxylic acids is 1. The second-order valence-corrected chi connectivity index (χ2v) is 5.13. The minimum Gasteiger partial charge on any atom is -0.493 e. The lowest BCUT2D eigenvalue weighted by Crippen LogP contribution is -2.25. The summed E-state index contributed by atoms with van der Waals surface area (Å²) in [6, 6.07) is 7.87. The number of carbonyl (C=O) groups is 1. The van der Waals surface area contributed by atoms with Gasteiger partial charge in [-0.2, -0.15) is 13.2 Å². The lowest BCUT2D eigenvalue weighted by molar-refractivity contribution is -0.154. The van der Waals surface area contributed by atoms with Crippen LogP contribution >= 0.6 is 0 Å².